The van der Waals surface area contributed by atoms with Crippen molar-refractivity contribution < 1.29 is 28.6 Å². The Morgan fingerprint density at radius 1 is 1.03 bits per heavy atom. The summed E-state index contributed by atoms with van der Waals surface area (Å²) in [6.07, 6.45) is 0.639. The maximum atomic E-state index is 12.3. The summed E-state index contributed by atoms with van der Waals surface area (Å²) >= 11 is 1.30. The molecule has 0 spiro atoms. The number of methoxy groups -OCH3 is 1. The molecule has 156 valence electrons. The highest BCUT2D eigenvalue weighted by atomic mass is 32.1. The van der Waals surface area contributed by atoms with Gasteiger partial charge in [0.2, 0.25) is 0 Å². The zero-order chi connectivity index (χ0) is 21.4. The Balaban J connectivity index is 2.02. The van der Waals surface area contributed by atoms with E-state index < -0.39 is 24.5 Å². The Morgan fingerprint density at radius 2 is 1.72 bits per heavy atom. The number of esters is 2. The largest absolute Gasteiger partial charge is 0.462 e. The highest BCUT2D eigenvalue weighted by Crippen LogP contribution is 2.34. The number of nitrogens with one attached hydrogen (secondary N) is 1. The minimum Gasteiger partial charge on any atom is -0.462 e. The van der Waals surface area contributed by atoms with Gasteiger partial charge in [-0.15, -0.1) is 11.3 Å². The number of anilines is 1. The Hall–Kier alpha value is -2.71. The minimum absolute atomic E-state index is 0.241. The van der Waals surface area contributed by atoms with Crippen molar-refractivity contribution in [1.29, 1.82) is 0 Å². The first-order valence-corrected chi connectivity index (χ1v) is 10.1. The number of hydrogen-bond donors (Lipinski definition) is 1. The zero-order valence-electron chi connectivity index (χ0n) is 17.0. The van der Waals surface area contributed by atoms with Gasteiger partial charge in [-0.3, -0.25) is 4.79 Å². The number of aryl methyl sites for hydroxylation is 1. The number of amides is 1. The molecule has 2 aromatic rings. The average molecular weight is 419 g/mol. The molecule has 0 saturated carbocycles. The van der Waals surface area contributed by atoms with E-state index in [1.54, 1.807) is 38.3 Å². The van der Waals surface area contributed by atoms with Crippen molar-refractivity contribution in [2.24, 2.45) is 0 Å². The lowest BCUT2D eigenvalue weighted by Crippen LogP contribution is -2.22. The van der Waals surface area contributed by atoms with Crippen molar-refractivity contribution in [3.63, 3.8) is 0 Å². The molecule has 1 N–H and O–H groups in total. The molecular weight excluding hydrogens is 394 g/mol. The van der Waals surface area contributed by atoms with Gasteiger partial charge in [0.1, 0.15) is 5.00 Å². The van der Waals surface area contributed by atoms with E-state index in [-0.39, 0.29) is 6.61 Å². The summed E-state index contributed by atoms with van der Waals surface area (Å²) in [5, 5.41) is 3.07. The normalized spacial score (nSPS) is 10.5. The second-order valence-corrected chi connectivity index (χ2v) is 7.39. The zero-order valence-corrected chi connectivity index (χ0v) is 17.8. The molecule has 0 aliphatic heterocycles. The van der Waals surface area contributed by atoms with Gasteiger partial charge in [0, 0.05) is 12.0 Å². The van der Waals surface area contributed by atoms with Crippen LogP contribution >= 0.6 is 11.3 Å². The molecule has 0 atom stereocenters. The van der Waals surface area contributed by atoms with Crippen LogP contribution in [0, 0.1) is 6.92 Å². The Kier molecular flexibility index (Phi) is 8.35. The molecule has 0 saturated heterocycles. The molecule has 1 heterocycles. The average Bonchev–Trinajstić information content (AvgIpc) is 3.01. The number of ether oxygens (including phenoxy) is 3. The van der Waals surface area contributed by atoms with Crippen LogP contribution in [0.5, 0.6) is 0 Å². The molecule has 1 amide bonds. The summed E-state index contributed by atoms with van der Waals surface area (Å²) < 4.78 is 15.2. The van der Waals surface area contributed by atoms with Crippen molar-refractivity contribution in [1.82, 2.24) is 0 Å². The topological polar surface area (TPSA) is 90.9 Å². The molecule has 0 radical (unpaired) electrons. The molecule has 2 rings (SSSR count). The summed E-state index contributed by atoms with van der Waals surface area (Å²) in [5.74, 6) is -1.60. The van der Waals surface area contributed by atoms with Crippen LogP contribution in [0.3, 0.4) is 0 Å². The monoisotopic (exact) mass is 419 g/mol. The van der Waals surface area contributed by atoms with Crippen LogP contribution in [-0.2, 0) is 32.0 Å². The van der Waals surface area contributed by atoms with Crippen molar-refractivity contribution in [3.8, 4) is 0 Å². The third-order valence-electron chi connectivity index (χ3n) is 4.13. The molecule has 1 aromatic heterocycles. The lowest BCUT2D eigenvalue weighted by Gasteiger charge is -2.09. The van der Waals surface area contributed by atoms with Crippen LogP contribution in [0.15, 0.2) is 24.3 Å². The molecule has 29 heavy (non-hydrogen) atoms. The van der Waals surface area contributed by atoms with Crippen LogP contribution in [0.2, 0.25) is 0 Å². The van der Waals surface area contributed by atoms with Crippen LogP contribution in [0.1, 0.15) is 50.6 Å². The predicted molar refractivity (Wildman–Crippen MR) is 110 cm³/mol. The highest BCUT2D eigenvalue weighted by molar-refractivity contribution is 7.16. The first-order valence-electron chi connectivity index (χ1n) is 9.25. The van der Waals surface area contributed by atoms with Gasteiger partial charge < -0.3 is 19.5 Å². The number of benzene rings is 1. The van der Waals surface area contributed by atoms with Crippen LogP contribution in [0.25, 0.3) is 0 Å². The molecule has 0 bridgehead atoms. The standard InChI is InChI=1S/C21H25NO6S/c1-5-16-13(3)29-19(18(16)21(25)27-6-2)22-17(23)12-28-20(24)15-9-7-14(8-10-15)11-26-4/h7-10H,5-6,11-12H2,1-4H3,(H,22,23). The van der Waals surface area contributed by atoms with Gasteiger partial charge in [-0.2, -0.15) is 0 Å². The van der Waals surface area contributed by atoms with E-state index in [1.165, 1.54) is 11.3 Å². The van der Waals surface area contributed by atoms with E-state index in [0.29, 0.717) is 29.2 Å². The van der Waals surface area contributed by atoms with Crippen molar-refractivity contribution >= 4 is 34.2 Å². The summed E-state index contributed by atoms with van der Waals surface area (Å²) in [6, 6.07) is 6.74. The van der Waals surface area contributed by atoms with Crippen LogP contribution in [-0.4, -0.2) is 38.2 Å². The van der Waals surface area contributed by atoms with Gasteiger partial charge in [0.05, 0.1) is 24.3 Å². The quantitative estimate of drug-likeness (QED) is 0.623. The number of hydrogen-bond acceptors (Lipinski definition) is 7. The van der Waals surface area contributed by atoms with E-state index in [1.807, 2.05) is 13.8 Å². The SMILES string of the molecule is CCOC(=O)c1c(NC(=O)COC(=O)c2ccc(COC)cc2)sc(C)c1CC. The summed E-state index contributed by atoms with van der Waals surface area (Å²) in [5.41, 5.74) is 2.47. The fourth-order valence-electron chi connectivity index (χ4n) is 2.79. The molecule has 7 nitrogen and oxygen atoms in total. The second-order valence-electron chi connectivity index (χ2n) is 6.17. The Bertz CT molecular complexity index is 872. The molecule has 0 aliphatic carbocycles. The second kappa shape index (κ2) is 10.7. The number of carbonyl (C=O) groups is 3. The smallest absolute Gasteiger partial charge is 0.341 e. The molecule has 0 fully saturated rings. The molecular formula is C21H25NO6S. The van der Waals surface area contributed by atoms with E-state index >= 15 is 0 Å². The van der Waals surface area contributed by atoms with Crippen molar-refractivity contribution in [2.45, 2.75) is 33.8 Å². The fourth-order valence-corrected chi connectivity index (χ4v) is 3.94. The first kappa shape index (κ1) is 22.6. The third kappa shape index (κ3) is 5.88. The Morgan fingerprint density at radius 3 is 2.31 bits per heavy atom. The van der Waals surface area contributed by atoms with E-state index in [2.05, 4.69) is 5.32 Å². The van der Waals surface area contributed by atoms with Gasteiger partial charge in [0.15, 0.2) is 6.61 Å². The highest BCUT2D eigenvalue weighted by Gasteiger charge is 2.23. The van der Waals surface area contributed by atoms with E-state index in [9.17, 15) is 14.4 Å². The van der Waals surface area contributed by atoms with E-state index in [0.717, 1.165) is 16.0 Å². The summed E-state index contributed by atoms with van der Waals surface area (Å²) in [4.78, 5) is 37.6. The lowest BCUT2D eigenvalue weighted by atomic mass is 10.1. The van der Waals surface area contributed by atoms with Crippen molar-refractivity contribution in [2.75, 3.05) is 25.6 Å². The van der Waals surface area contributed by atoms with E-state index in [4.69, 9.17) is 14.2 Å². The maximum Gasteiger partial charge on any atom is 0.341 e. The lowest BCUT2D eigenvalue weighted by molar-refractivity contribution is -0.119. The number of rotatable bonds is 9. The van der Waals surface area contributed by atoms with Gasteiger partial charge in [-0.25, -0.2) is 9.59 Å². The van der Waals surface area contributed by atoms with Gasteiger partial charge in [-0.1, -0.05) is 19.1 Å². The van der Waals surface area contributed by atoms with Crippen LogP contribution < -0.4 is 5.32 Å². The molecule has 1 aromatic carbocycles. The van der Waals surface area contributed by atoms with Gasteiger partial charge in [0.25, 0.3) is 5.91 Å². The van der Waals surface area contributed by atoms with Gasteiger partial charge >= 0.3 is 11.9 Å². The first-order chi connectivity index (χ1) is 13.9. The maximum absolute atomic E-state index is 12.3. The predicted octanol–water partition coefficient (Wildman–Crippen LogP) is 3.74. The fraction of sp³-hybridized carbons (Fsp3) is 0.381. The molecule has 0 unspecified atom stereocenters. The third-order valence-corrected chi connectivity index (χ3v) is 5.19. The van der Waals surface area contributed by atoms with Crippen LogP contribution in [0.4, 0.5) is 5.00 Å². The number of carbonyl (C=O) groups excluding carboxylic acids is 3. The molecule has 8 heteroatoms. The van der Waals surface area contributed by atoms with Gasteiger partial charge in [-0.05, 0) is 43.5 Å². The molecule has 0 aliphatic rings. The Labute approximate surface area is 174 Å². The summed E-state index contributed by atoms with van der Waals surface area (Å²) in [6.45, 7) is 5.77. The van der Waals surface area contributed by atoms with Crippen molar-refractivity contribution in [3.05, 3.63) is 51.4 Å². The minimum atomic E-state index is -0.605. The summed E-state index contributed by atoms with van der Waals surface area (Å²) in [7, 11) is 1.59. The number of thiophene rings is 1.